The van der Waals surface area contributed by atoms with Crippen molar-refractivity contribution in [3.8, 4) is 11.1 Å². The zero-order valence-electron chi connectivity index (χ0n) is 12.6. The molecule has 23 heavy (non-hydrogen) atoms. The molecule has 2 N–H and O–H groups in total. The van der Waals surface area contributed by atoms with Crippen LogP contribution in [0.25, 0.3) is 21.3 Å². The maximum atomic E-state index is 10.8. The van der Waals surface area contributed by atoms with Gasteiger partial charge in [-0.15, -0.1) is 11.3 Å². The first-order chi connectivity index (χ1) is 11.0. The lowest BCUT2D eigenvalue weighted by atomic mass is 10.0. The number of aliphatic carboxylic acids is 1. The molecule has 3 rings (SSSR count). The lowest BCUT2D eigenvalue weighted by Crippen LogP contribution is -2.13. The van der Waals surface area contributed by atoms with Crippen LogP contribution in [0.1, 0.15) is 11.1 Å². The Hall–Kier alpha value is -2.18. The standard InChI is InChI=1S/C16H14ClN3O2S/c1-8-3-4-10(5-9(8)2)11-7-23-15-13(11)14(18-6-12(21)22)19-16(17)20-15/h3-5,7H,6H2,1-2H3,(H,21,22)(H,18,19,20). The number of benzene rings is 1. The molecule has 0 fully saturated rings. The van der Waals surface area contributed by atoms with Crippen molar-refractivity contribution in [2.75, 3.05) is 11.9 Å². The fraction of sp³-hybridized carbons (Fsp3) is 0.188. The summed E-state index contributed by atoms with van der Waals surface area (Å²) >= 11 is 7.40. The van der Waals surface area contributed by atoms with Crippen LogP contribution in [0.3, 0.4) is 0 Å². The number of carbonyl (C=O) groups is 1. The van der Waals surface area contributed by atoms with Crippen LogP contribution in [0, 0.1) is 13.8 Å². The second-order valence-electron chi connectivity index (χ2n) is 5.22. The summed E-state index contributed by atoms with van der Waals surface area (Å²) in [6.45, 7) is 3.89. The minimum atomic E-state index is -0.962. The van der Waals surface area contributed by atoms with Gasteiger partial charge in [-0.2, -0.15) is 0 Å². The first-order valence-electron chi connectivity index (χ1n) is 6.93. The molecule has 0 amide bonds. The van der Waals surface area contributed by atoms with Crippen LogP contribution >= 0.6 is 22.9 Å². The van der Waals surface area contributed by atoms with E-state index >= 15 is 0 Å². The smallest absolute Gasteiger partial charge is 0.322 e. The minimum Gasteiger partial charge on any atom is -0.480 e. The molecule has 118 valence electrons. The summed E-state index contributed by atoms with van der Waals surface area (Å²) < 4.78 is 0. The Kier molecular flexibility index (Phi) is 4.19. The Morgan fingerprint density at radius 1 is 1.30 bits per heavy atom. The van der Waals surface area contributed by atoms with E-state index in [4.69, 9.17) is 16.7 Å². The van der Waals surface area contributed by atoms with E-state index in [2.05, 4.69) is 41.3 Å². The second kappa shape index (κ2) is 6.14. The van der Waals surface area contributed by atoms with Gasteiger partial charge < -0.3 is 10.4 Å². The van der Waals surface area contributed by atoms with Crippen molar-refractivity contribution in [2.45, 2.75) is 13.8 Å². The Balaban J connectivity index is 2.17. The summed E-state index contributed by atoms with van der Waals surface area (Å²) in [5.74, 6) is -0.521. The summed E-state index contributed by atoms with van der Waals surface area (Å²) in [7, 11) is 0. The van der Waals surface area contributed by atoms with Crippen molar-refractivity contribution in [3.05, 3.63) is 40.0 Å². The fourth-order valence-electron chi connectivity index (χ4n) is 2.32. The molecule has 2 aromatic heterocycles. The quantitative estimate of drug-likeness (QED) is 0.694. The molecule has 0 spiro atoms. The van der Waals surface area contributed by atoms with Crippen LogP contribution in [-0.4, -0.2) is 27.6 Å². The minimum absolute atomic E-state index is 0.0962. The number of carboxylic acid groups (broad SMARTS) is 1. The van der Waals surface area contributed by atoms with Gasteiger partial charge in [-0.1, -0.05) is 18.2 Å². The Morgan fingerprint density at radius 2 is 2.09 bits per heavy atom. The van der Waals surface area contributed by atoms with Crippen molar-refractivity contribution >= 4 is 44.9 Å². The first kappa shape index (κ1) is 15.7. The van der Waals surface area contributed by atoms with E-state index in [-0.39, 0.29) is 11.8 Å². The summed E-state index contributed by atoms with van der Waals surface area (Å²) in [6.07, 6.45) is 0. The summed E-state index contributed by atoms with van der Waals surface area (Å²) in [6, 6.07) is 6.21. The van der Waals surface area contributed by atoms with Gasteiger partial charge in [0.15, 0.2) is 0 Å². The van der Waals surface area contributed by atoms with Crippen LogP contribution in [0.4, 0.5) is 5.82 Å². The van der Waals surface area contributed by atoms with Gasteiger partial charge in [-0.05, 0) is 42.1 Å². The van der Waals surface area contributed by atoms with Crippen LogP contribution in [0.5, 0.6) is 0 Å². The van der Waals surface area contributed by atoms with Gasteiger partial charge in [0.2, 0.25) is 5.28 Å². The monoisotopic (exact) mass is 347 g/mol. The molecule has 0 aliphatic heterocycles. The molecular weight excluding hydrogens is 334 g/mol. The molecule has 0 radical (unpaired) electrons. The predicted octanol–water partition coefficient (Wildman–Crippen LogP) is 4.13. The highest BCUT2D eigenvalue weighted by molar-refractivity contribution is 7.17. The van der Waals surface area contributed by atoms with Crippen LogP contribution in [0.2, 0.25) is 5.28 Å². The lowest BCUT2D eigenvalue weighted by Gasteiger charge is -2.08. The van der Waals surface area contributed by atoms with Crippen molar-refractivity contribution < 1.29 is 9.90 Å². The molecule has 0 saturated carbocycles. The number of carboxylic acids is 1. The number of aryl methyl sites for hydroxylation is 2. The van der Waals surface area contributed by atoms with E-state index in [1.165, 1.54) is 22.5 Å². The topological polar surface area (TPSA) is 75.1 Å². The van der Waals surface area contributed by atoms with Gasteiger partial charge in [-0.3, -0.25) is 4.79 Å². The number of thiophene rings is 1. The Morgan fingerprint density at radius 3 is 2.78 bits per heavy atom. The normalized spacial score (nSPS) is 10.9. The van der Waals surface area contributed by atoms with Gasteiger partial charge >= 0.3 is 5.97 Å². The number of fused-ring (bicyclic) bond motifs is 1. The molecule has 1 aromatic carbocycles. The molecule has 0 saturated heterocycles. The highest BCUT2D eigenvalue weighted by Gasteiger charge is 2.15. The molecule has 7 heteroatoms. The van der Waals surface area contributed by atoms with Crippen molar-refractivity contribution in [1.29, 1.82) is 0 Å². The molecule has 0 atom stereocenters. The van der Waals surface area contributed by atoms with E-state index < -0.39 is 5.97 Å². The molecule has 5 nitrogen and oxygen atoms in total. The van der Waals surface area contributed by atoms with E-state index in [0.29, 0.717) is 5.82 Å². The Bertz CT molecular complexity index is 908. The largest absolute Gasteiger partial charge is 0.480 e. The summed E-state index contributed by atoms with van der Waals surface area (Å²) in [4.78, 5) is 20.0. The van der Waals surface area contributed by atoms with E-state index in [9.17, 15) is 4.79 Å². The van der Waals surface area contributed by atoms with Crippen molar-refractivity contribution in [3.63, 3.8) is 0 Å². The molecular formula is C16H14ClN3O2S. The summed E-state index contributed by atoms with van der Waals surface area (Å²) in [5, 5.41) is 14.6. The van der Waals surface area contributed by atoms with E-state index in [0.717, 1.165) is 21.3 Å². The number of aromatic nitrogens is 2. The number of rotatable bonds is 4. The third kappa shape index (κ3) is 3.13. The number of anilines is 1. The number of hydrogen-bond acceptors (Lipinski definition) is 5. The number of hydrogen-bond donors (Lipinski definition) is 2. The van der Waals surface area contributed by atoms with E-state index in [1.54, 1.807) is 0 Å². The van der Waals surface area contributed by atoms with Gasteiger partial charge in [0.25, 0.3) is 0 Å². The highest BCUT2D eigenvalue weighted by Crippen LogP contribution is 2.38. The average molecular weight is 348 g/mol. The third-order valence-electron chi connectivity index (χ3n) is 3.63. The predicted molar refractivity (Wildman–Crippen MR) is 93.5 cm³/mol. The number of nitrogens with zero attached hydrogens (tertiary/aromatic N) is 2. The second-order valence-corrected chi connectivity index (χ2v) is 6.41. The van der Waals surface area contributed by atoms with E-state index in [1.807, 2.05) is 11.4 Å². The third-order valence-corrected chi connectivity index (χ3v) is 4.67. The molecule has 0 aliphatic rings. The molecule has 0 unspecified atom stereocenters. The zero-order chi connectivity index (χ0) is 16.6. The maximum Gasteiger partial charge on any atom is 0.322 e. The van der Waals surface area contributed by atoms with Crippen LogP contribution in [0.15, 0.2) is 23.6 Å². The Labute approximate surface area is 142 Å². The van der Waals surface area contributed by atoms with Gasteiger partial charge in [0, 0.05) is 10.9 Å². The first-order valence-corrected chi connectivity index (χ1v) is 8.19. The molecule has 2 heterocycles. The molecule has 0 aliphatic carbocycles. The van der Waals surface area contributed by atoms with Gasteiger partial charge in [0.1, 0.15) is 17.2 Å². The molecule has 3 aromatic rings. The lowest BCUT2D eigenvalue weighted by molar-refractivity contribution is -0.134. The van der Waals surface area contributed by atoms with Crippen LogP contribution < -0.4 is 5.32 Å². The summed E-state index contributed by atoms with van der Waals surface area (Å²) in [5.41, 5.74) is 4.43. The number of nitrogens with one attached hydrogen (secondary N) is 1. The maximum absolute atomic E-state index is 10.8. The SMILES string of the molecule is Cc1ccc(-c2csc3nc(Cl)nc(NCC(=O)O)c23)cc1C. The van der Waals surface area contributed by atoms with Crippen molar-refractivity contribution in [2.24, 2.45) is 0 Å². The van der Waals surface area contributed by atoms with Crippen LogP contribution in [-0.2, 0) is 4.79 Å². The molecule has 0 bridgehead atoms. The van der Waals surface area contributed by atoms with Gasteiger partial charge in [0.05, 0.1) is 5.39 Å². The zero-order valence-corrected chi connectivity index (χ0v) is 14.1. The highest BCUT2D eigenvalue weighted by atomic mass is 35.5. The average Bonchev–Trinajstić information content (AvgIpc) is 2.91. The fourth-order valence-corrected chi connectivity index (χ4v) is 3.49. The number of halogens is 1. The van der Waals surface area contributed by atoms with Crippen molar-refractivity contribution in [1.82, 2.24) is 9.97 Å². The van der Waals surface area contributed by atoms with Gasteiger partial charge in [-0.25, -0.2) is 9.97 Å².